The summed E-state index contributed by atoms with van der Waals surface area (Å²) in [6.45, 7) is 7.65. The van der Waals surface area contributed by atoms with E-state index < -0.39 is 12.0 Å². The van der Waals surface area contributed by atoms with Gasteiger partial charge in [0.2, 0.25) is 5.91 Å². The van der Waals surface area contributed by atoms with Crippen molar-refractivity contribution in [3.05, 3.63) is 60.0 Å². The summed E-state index contributed by atoms with van der Waals surface area (Å²) in [6, 6.07) is 8.90. The molecule has 33 heavy (non-hydrogen) atoms. The van der Waals surface area contributed by atoms with Gasteiger partial charge in [0, 0.05) is 79.4 Å². The first-order valence-corrected chi connectivity index (χ1v) is 11.4. The fraction of sp³-hybridized carbons (Fsp3) is 0.400. The van der Waals surface area contributed by atoms with Gasteiger partial charge in [0.1, 0.15) is 6.04 Å². The Morgan fingerprint density at radius 1 is 1.12 bits per heavy atom. The third-order valence-corrected chi connectivity index (χ3v) is 6.27. The van der Waals surface area contributed by atoms with Crippen LogP contribution in [0.15, 0.2) is 48.9 Å². The maximum Gasteiger partial charge on any atom is 0.325 e. The fourth-order valence-electron chi connectivity index (χ4n) is 4.30. The standard InChI is InChI=1S/C25H31N5O3/c1-17(2)24(31)28-19-3-4-22-20(15-19)21(16-27-22)23(25(32)33)30-13-11-29(12-14-30)10-7-18-5-8-26-9-6-18/h3-6,8-9,15-17,23,27H,7,10-14H2,1-2H3,(H,28,31)(H,32,33)/t23-/m0/s1. The van der Waals surface area contributed by atoms with Gasteiger partial charge in [-0.2, -0.15) is 0 Å². The third-order valence-electron chi connectivity index (χ3n) is 6.27. The molecule has 1 amide bonds. The van der Waals surface area contributed by atoms with Gasteiger partial charge in [-0.05, 0) is 42.3 Å². The minimum absolute atomic E-state index is 0.0656. The first kappa shape index (κ1) is 22.9. The molecule has 1 saturated heterocycles. The maximum absolute atomic E-state index is 12.3. The van der Waals surface area contributed by atoms with Gasteiger partial charge in [-0.15, -0.1) is 0 Å². The Balaban J connectivity index is 1.46. The number of amides is 1. The van der Waals surface area contributed by atoms with E-state index in [2.05, 4.69) is 20.2 Å². The number of H-pyrrole nitrogens is 1. The lowest BCUT2D eigenvalue weighted by Gasteiger charge is -2.37. The van der Waals surface area contributed by atoms with Gasteiger partial charge in [0.25, 0.3) is 0 Å². The van der Waals surface area contributed by atoms with Crippen LogP contribution in [0, 0.1) is 5.92 Å². The van der Waals surface area contributed by atoms with E-state index in [1.54, 1.807) is 6.20 Å². The van der Waals surface area contributed by atoms with Crippen molar-refractivity contribution in [2.24, 2.45) is 5.92 Å². The third kappa shape index (κ3) is 5.40. The van der Waals surface area contributed by atoms with Gasteiger partial charge < -0.3 is 20.3 Å². The molecule has 8 heteroatoms. The van der Waals surface area contributed by atoms with Crippen LogP contribution < -0.4 is 5.32 Å². The predicted octanol–water partition coefficient (Wildman–Crippen LogP) is 3.14. The van der Waals surface area contributed by atoms with E-state index in [0.29, 0.717) is 18.8 Å². The van der Waals surface area contributed by atoms with Crippen LogP contribution in [0.4, 0.5) is 5.69 Å². The maximum atomic E-state index is 12.3. The van der Waals surface area contributed by atoms with Crippen LogP contribution in [-0.2, 0) is 16.0 Å². The molecule has 0 unspecified atom stereocenters. The smallest absolute Gasteiger partial charge is 0.325 e. The summed E-state index contributed by atoms with van der Waals surface area (Å²) in [4.78, 5) is 36.1. The number of benzene rings is 1. The van der Waals surface area contributed by atoms with Crippen molar-refractivity contribution in [3.8, 4) is 0 Å². The molecule has 1 atom stereocenters. The first-order chi connectivity index (χ1) is 15.9. The number of carbonyl (C=O) groups excluding carboxylic acids is 1. The normalized spacial score (nSPS) is 16.2. The van der Waals surface area contributed by atoms with E-state index >= 15 is 0 Å². The summed E-state index contributed by atoms with van der Waals surface area (Å²) in [7, 11) is 0. The zero-order chi connectivity index (χ0) is 23.4. The SMILES string of the molecule is CC(C)C(=O)Nc1ccc2[nH]cc([C@@H](C(=O)O)N3CCN(CCc4ccncc4)CC3)c2c1. The highest BCUT2D eigenvalue weighted by molar-refractivity contribution is 5.96. The van der Waals surface area contributed by atoms with Crippen LogP contribution in [-0.4, -0.2) is 69.5 Å². The first-order valence-electron chi connectivity index (χ1n) is 11.4. The van der Waals surface area contributed by atoms with Crippen LogP contribution in [0.2, 0.25) is 0 Å². The summed E-state index contributed by atoms with van der Waals surface area (Å²) in [5.74, 6) is -1.06. The van der Waals surface area contributed by atoms with Gasteiger partial charge in [-0.1, -0.05) is 13.8 Å². The number of hydrogen-bond donors (Lipinski definition) is 3. The number of aromatic nitrogens is 2. The molecular weight excluding hydrogens is 418 g/mol. The molecule has 1 aliphatic heterocycles. The lowest BCUT2D eigenvalue weighted by molar-refractivity contribution is -0.144. The van der Waals surface area contributed by atoms with Crippen LogP contribution in [0.25, 0.3) is 10.9 Å². The number of aromatic amines is 1. The van der Waals surface area contributed by atoms with E-state index in [9.17, 15) is 14.7 Å². The summed E-state index contributed by atoms with van der Waals surface area (Å²) in [5, 5.41) is 13.8. The summed E-state index contributed by atoms with van der Waals surface area (Å²) in [5.41, 5.74) is 3.51. The van der Waals surface area contributed by atoms with E-state index in [1.165, 1.54) is 5.56 Å². The minimum Gasteiger partial charge on any atom is -0.480 e. The van der Waals surface area contributed by atoms with Crippen molar-refractivity contribution in [1.29, 1.82) is 0 Å². The van der Waals surface area contributed by atoms with Crippen LogP contribution in [0.5, 0.6) is 0 Å². The zero-order valence-electron chi connectivity index (χ0n) is 19.1. The molecule has 3 heterocycles. The second kappa shape index (κ2) is 10.1. The molecule has 174 valence electrons. The summed E-state index contributed by atoms with van der Waals surface area (Å²) >= 11 is 0. The Morgan fingerprint density at radius 3 is 2.52 bits per heavy atom. The van der Waals surface area contributed by atoms with Crippen LogP contribution >= 0.6 is 0 Å². The lowest BCUT2D eigenvalue weighted by atomic mass is 10.0. The van der Waals surface area contributed by atoms with Crippen molar-refractivity contribution in [3.63, 3.8) is 0 Å². The molecule has 4 rings (SSSR count). The molecule has 0 spiro atoms. The number of anilines is 1. The quantitative estimate of drug-likeness (QED) is 0.488. The molecule has 0 aliphatic carbocycles. The molecular formula is C25H31N5O3. The molecule has 0 radical (unpaired) electrons. The number of aliphatic carboxylic acids is 1. The Kier molecular flexibility index (Phi) is 7.05. The molecule has 3 N–H and O–H groups in total. The van der Waals surface area contributed by atoms with Crippen molar-refractivity contribution >= 4 is 28.5 Å². The monoisotopic (exact) mass is 449 g/mol. The number of carbonyl (C=O) groups is 2. The highest BCUT2D eigenvalue weighted by atomic mass is 16.4. The largest absolute Gasteiger partial charge is 0.480 e. The fourth-order valence-corrected chi connectivity index (χ4v) is 4.30. The van der Waals surface area contributed by atoms with Crippen molar-refractivity contribution in [2.45, 2.75) is 26.3 Å². The second-order valence-electron chi connectivity index (χ2n) is 8.87. The topological polar surface area (TPSA) is 102 Å². The summed E-state index contributed by atoms with van der Waals surface area (Å²) in [6.07, 6.45) is 6.36. The van der Waals surface area contributed by atoms with Gasteiger partial charge in [0.15, 0.2) is 0 Å². The zero-order valence-corrected chi connectivity index (χ0v) is 19.1. The Hall–Kier alpha value is -3.23. The molecule has 0 saturated carbocycles. The second-order valence-corrected chi connectivity index (χ2v) is 8.87. The number of pyridine rings is 1. The van der Waals surface area contributed by atoms with E-state index in [-0.39, 0.29) is 11.8 Å². The van der Waals surface area contributed by atoms with Gasteiger partial charge >= 0.3 is 5.97 Å². The number of carboxylic acid groups (broad SMARTS) is 1. The minimum atomic E-state index is -0.863. The highest BCUT2D eigenvalue weighted by Gasteiger charge is 2.32. The molecule has 3 aromatic rings. The number of piperazine rings is 1. The van der Waals surface area contributed by atoms with E-state index in [1.807, 2.05) is 61.5 Å². The average Bonchev–Trinajstić information content (AvgIpc) is 3.22. The molecule has 1 aliphatic rings. The lowest BCUT2D eigenvalue weighted by Crippen LogP contribution is -2.49. The molecule has 1 aromatic carbocycles. The van der Waals surface area contributed by atoms with E-state index in [0.717, 1.165) is 42.5 Å². The molecule has 1 fully saturated rings. The molecule has 8 nitrogen and oxygen atoms in total. The van der Waals surface area contributed by atoms with Crippen LogP contribution in [0.1, 0.15) is 31.0 Å². The number of nitrogens with zero attached hydrogens (tertiary/aromatic N) is 3. The van der Waals surface area contributed by atoms with Crippen LogP contribution in [0.3, 0.4) is 0 Å². The Labute approximate surface area is 193 Å². The molecule has 0 bridgehead atoms. The Bertz CT molecular complexity index is 1100. The number of nitrogens with one attached hydrogen (secondary N) is 2. The van der Waals surface area contributed by atoms with Crippen molar-refractivity contribution < 1.29 is 14.7 Å². The number of rotatable bonds is 8. The molecule has 2 aromatic heterocycles. The highest BCUT2D eigenvalue weighted by Crippen LogP contribution is 2.31. The number of carboxylic acids is 1. The van der Waals surface area contributed by atoms with Crippen molar-refractivity contribution in [1.82, 2.24) is 19.8 Å². The number of hydrogen-bond acceptors (Lipinski definition) is 5. The summed E-state index contributed by atoms with van der Waals surface area (Å²) < 4.78 is 0. The van der Waals surface area contributed by atoms with Gasteiger partial charge in [-0.3, -0.25) is 19.5 Å². The Morgan fingerprint density at radius 2 is 1.85 bits per heavy atom. The predicted molar refractivity (Wildman–Crippen MR) is 128 cm³/mol. The average molecular weight is 450 g/mol. The van der Waals surface area contributed by atoms with Gasteiger partial charge in [-0.25, -0.2) is 0 Å². The van der Waals surface area contributed by atoms with E-state index in [4.69, 9.17) is 0 Å². The van der Waals surface area contributed by atoms with Gasteiger partial charge in [0.05, 0.1) is 0 Å². The number of fused-ring (bicyclic) bond motifs is 1. The van der Waals surface area contributed by atoms with Crippen molar-refractivity contribution in [2.75, 3.05) is 38.0 Å².